The van der Waals surface area contributed by atoms with Gasteiger partial charge in [0.1, 0.15) is 0 Å². The average Bonchev–Trinajstić information content (AvgIpc) is 3.70. The van der Waals surface area contributed by atoms with Crippen LogP contribution in [0.5, 0.6) is 0 Å². The smallest absolute Gasteiger partial charge is 0.0630 e. The molecule has 0 N–H and O–H groups in total. The van der Waals surface area contributed by atoms with Crippen LogP contribution in [0, 0.1) is 46.8 Å². The summed E-state index contributed by atoms with van der Waals surface area (Å²) in [7, 11) is 0. The molecule has 0 radical (unpaired) electrons. The third-order valence-corrected chi connectivity index (χ3v) is 17.1. The van der Waals surface area contributed by atoms with Gasteiger partial charge in [0.15, 0.2) is 0 Å². The van der Waals surface area contributed by atoms with Crippen LogP contribution in [0.25, 0.3) is 0 Å². The molecule has 1 heteroatoms. The van der Waals surface area contributed by atoms with Gasteiger partial charge in [0.25, 0.3) is 0 Å². The first-order chi connectivity index (χ1) is 28.0. The van der Waals surface area contributed by atoms with Crippen molar-refractivity contribution in [2.24, 2.45) is 46.8 Å². The van der Waals surface area contributed by atoms with Gasteiger partial charge in [-0.1, -0.05) is 176 Å². The summed E-state index contributed by atoms with van der Waals surface area (Å²) in [6, 6.07) is 25.1. The highest BCUT2D eigenvalue weighted by Gasteiger charge is 2.58. The van der Waals surface area contributed by atoms with Crippen molar-refractivity contribution in [1.82, 2.24) is 4.90 Å². The Hall–Kier alpha value is -3.94. The van der Waals surface area contributed by atoms with E-state index in [2.05, 4.69) is 158 Å². The predicted octanol–water partition coefficient (Wildman–Crippen LogP) is 13.4. The third kappa shape index (κ3) is 5.64. The lowest BCUT2D eigenvalue weighted by Gasteiger charge is -2.48. The summed E-state index contributed by atoms with van der Waals surface area (Å²) in [6.07, 6.45) is 47.5. The Labute approximate surface area is 343 Å². The number of benzene rings is 2. The van der Waals surface area contributed by atoms with Gasteiger partial charge in [-0.15, -0.1) is 0 Å². The third-order valence-electron chi connectivity index (χ3n) is 17.1. The summed E-state index contributed by atoms with van der Waals surface area (Å²) in [6.45, 7) is 5.18. The summed E-state index contributed by atoms with van der Waals surface area (Å²) in [5.74, 6) is 4.63. The zero-order valence-corrected chi connectivity index (χ0v) is 34.5. The van der Waals surface area contributed by atoms with Crippen LogP contribution in [-0.2, 0) is 5.41 Å². The molecular formula is C56H63N. The van der Waals surface area contributed by atoms with E-state index < -0.39 is 0 Å². The number of hydrogen-bond acceptors (Lipinski definition) is 1. The Morgan fingerprint density at radius 2 is 1.39 bits per heavy atom. The zero-order chi connectivity index (χ0) is 38.1. The van der Waals surface area contributed by atoms with Gasteiger partial charge in [0.2, 0.25) is 0 Å². The second-order valence-electron chi connectivity index (χ2n) is 19.8. The van der Waals surface area contributed by atoms with E-state index in [1.54, 1.807) is 11.1 Å². The normalized spacial score (nSPS) is 36.8. The number of allylic oxidation sites excluding steroid dienone is 14. The fourth-order valence-corrected chi connectivity index (χ4v) is 14.9. The van der Waals surface area contributed by atoms with Crippen LogP contribution in [0.4, 0.5) is 0 Å². The molecule has 0 saturated heterocycles. The van der Waals surface area contributed by atoms with Gasteiger partial charge < -0.3 is 0 Å². The molecule has 9 aliphatic rings. The van der Waals surface area contributed by atoms with E-state index in [-0.39, 0.29) is 10.8 Å². The summed E-state index contributed by atoms with van der Waals surface area (Å²) >= 11 is 0. The molecule has 9 aliphatic carbocycles. The van der Waals surface area contributed by atoms with Crippen molar-refractivity contribution >= 4 is 0 Å². The van der Waals surface area contributed by atoms with Gasteiger partial charge in [0, 0.05) is 30.0 Å². The lowest BCUT2D eigenvalue weighted by molar-refractivity contribution is 0.0967. The maximum atomic E-state index is 3.08. The Bertz CT molecular complexity index is 2110. The van der Waals surface area contributed by atoms with Crippen molar-refractivity contribution in [3.8, 4) is 0 Å². The molecule has 57 heavy (non-hydrogen) atoms. The van der Waals surface area contributed by atoms with Crippen LogP contribution in [0.1, 0.15) is 102 Å². The second kappa shape index (κ2) is 14.4. The van der Waals surface area contributed by atoms with Crippen molar-refractivity contribution in [1.29, 1.82) is 0 Å². The van der Waals surface area contributed by atoms with E-state index in [0.717, 1.165) is 24.2 Å². The predicted molar refractivity (Wildman–Crippen MR) is 237 cm³/mol. The van der Waals surface area contributed by atoms with Crippen LogP contribution < -0.4 is 0 Å². The maximum absolute atomic E-state index is 3.08. The first-order valence-electron chi connectivity index (χ1n) is 23.1. The number of fused-ring (bicyclic) bond motifs is 6. The number of hydrogen-bond donors (Lipinski definition) is 0. The summed E-state index contributed by atoms with van der Waals surface area (Å²) in [4.78, 5) is 3.08. The van der Waals surface area contributed by atoms with Gasteiger partial charge in [0.05, 0.1) is 5.41 Å². The highest BCUT2D eigenvalue weighted by atomic mass is 15.2. The highest BCUT2D eigenvalue weighted by molar-refractivity contribution is 5.67. The molecule has 0 amide bonds. The Morgan fingerprint density at radius 1 is 0.614 bits per heavy atom. The van der Waals surface area contributed by atoms with Crippen LogP contribution in [0.3, 0.4) is 0 Å². The fourth-order valence-electron chi connectivity index (χ4n) is 14.9. The highest BCUT2D eigenvalue weighted by Crippen LogP contribution is 2.66. The quantitative estimate of drug-likeness (QED) is 0.266. The average molecular weight is 750 g/mol. The molecule has 1 nitrogen and oxygen atoms in total. The van der Waals surface area contributed by atoms with Crippen molar-refractivity contribution in [2.45, 2.75) is 114 Å². The molecule has 0 fully saturated rings. The van der Waals surface area contributed by atoms with E-state index in [9.17, 15) is 0 Å². The van der Waals surface area contributed by atoms with Crippen LogP contribution in [-0.4, -0.2) is 23.0 Å². The van der Waals surface area contributed by atoms with E-state index in [1.807, 2.05) is 16.7 Å². The molecule has 0 spiro atoms. The monoisotopic (exact) mass is 749 g/mol. The lowest BCUT2D eigenvalue weighted by atomic mass is 9.59. The molecule has 0 aliphatic heterocycles. The van der Waals surface area contributed by atoms with Gasteiger partial charge >= 0.3 is 0 Å². The Balaban J connectivity index is 1.04. The van der Waals surface area contributed by atoms with Crippen LogP contribution in [0.2, 0.25) is 0 Å². The molecule has 10 unspecified atom stereocenters. The summed E-state index contributed by atoms with van der Waals surface area (Å²) in [5.41, 5.74) is 12.0. The summed E-state index contributed by atoms with van der Waals surface area (Å²) < 4.78 is 0. The second-order valence-corrected chi connectivity index (χ2v) is 19.8. The van der Waals surface area contributed by atoms with E-state index >= 15 is 0 Å². The van der Waals surface area contributed by atoms with Crippen molar-refractivity contribution < 1.29 is 0 Å². The van der Waals surface area contributed by atoms with E-state index in [0.29, 0.717) is 41.8 Å². The van der Waals surface area contributed by atoms with Crippen molar-refractivity contribution in [2.75, 3.05) is 0 Å². The Morgan fingerprint density at radius 3 is 2.12 bits per heavy atom. The minimum atomic E-state index is -0.216. The molecule has 11 rings (SSSR count). The van der Waals surface area contributed by atoms with Crippen LogP contribution >= 0.6 is 0 Å². The van der Waals surface area contributed by atoms with E-state index in [1.165, 1.54) is 81.8 Å². The molecule has 0 bridgehead atoms. The lowest BCUT2D eigenvalue weighted by Crippen LogP contribution is -2.51. The maximum Gasteiger partial charge on any atom is 0.0630 e. The van der Waals surface area contributed by atoms with Gasteiger partial charge in [-0.3, -0.25) is 4.90 Å². The molecule has 2 aromatic carbocycles. The van der Waals surface area contributed by atoms with Crippen LogP contribution in [0.15, 0.2) is 168 Å². The number of nitrogens with zero attached hydrogens (tertiary/aromatic N) is 1. The fraction of sp³-hybridized carbons (Fsp3) is 0.464. The molecule has 0 heterocycles. The van der Waals surface area contributed by atoms with Gasteiger partial charge in [-0.05, 0) is 129 Å². The molecule has 0 aromatic heterocycles. The zero-order valence-electron chi connectivity index (χ0n) is 34.5. The first-order valence-corrected chi connectivity index (χ1v) is 23.1. The molecule has 292 valence electrons. The standard InChI is InChI=1S/C56H63N/c1-55(2)50-29-16-15-26-46(50)47-32-30-42(36-52(47)55)57(41-24-13-6-14-25-41)43-31-33-49-53(37-43)56(39-20-9-4-10-21-39,40-22-11-5-12-23-40)51-35-34-45-44(38-18-7-3-8-19-38)27-17-28-48(45)54(49)51/h3-14,16-18,20-24,28-29,37-38,41-46,48-50H,15,19,25-27,30-36H2,1-2H3. The molecule has 0 saturated carbocycles. The molecule has 2 aromatic rings. The molecular weight excluding hydrogens is 687 g/mol. The minimum absolute atomic E-state index is 0.216. The summed E-state index contributed by atoms with van der Waals surface area (Å²) in [5, 5.41) is 0. The SMILES string of the molecule is CC1(C)C2=C(CCC(N(C3C=CC=CC3)C3C=C4C(CC3)C3=C(CCC5C3C=CCC5C3C=CC=CC3)C4(c3ccccc3)c3ccccc3)C2)C2CCC=CC21. The number of rotatable bonds is 6. The Kier molecular flexibility index (Phi) is 9.14. The van der Waals surface area contributed by atoms with Gasteiger partial charge in [-0.2, -0.15) is 0 Å². The topological polar surface area (TPSA) is 3.24 Å². The van der Waals surface area contributed by atoms with Crippen molar-refractivity contribution in [3.05, 3.63) is 179 Å². The minimum Gasteiger partial charge on any atom is -0.287 e. The molecule has 10 atom stereocenters. The van der Waals surface area contributed by atoms with Gasteiger partial charge in [-0.25, -0.2) is 0 Å². The van der Waals surface area contributed by atoms with E-state index in [4.69, 9.17) is 0 Å². The first kappa shape index (κ1) is 36.2. The van der Waals surface area contributed by atoms with Crippen molar-refractivity contribution in [3.63, 3.8) is 0 Å². The largest absolute Gasteiger partial charge is 0.287 e.